The third kappa shape index (κ3) is 6.84. The molecular weight excluding hydrogens is 483 g/mol. The number of likely N-dealkylation sites (tertiary alicyclic amines) is 1. The molecule has 1 unspecified atom stereocenters. The van der Waals surface area contributed by atoms with Crippen LogP contribution >= 0.6 is 0 Å². The van der Waals surface area contributed by atoms with Crippen molar-refractivity contribution in [3.05, 3.63) is 71.5 Å². The van der Waals surface area contributed by atoms with Crippen LogP contribution in [-0.4, -0.2) is 60.2 Å². The maximum Gasteiger partial charge on any atom is 0.411 e. The standard InChI is InChI=1S/C27H31FN2O7/c1-18(37-19(2)31)23(24(32)35-3)29-25(33)27(16-20-10-12-22(28)13-11-20)14-7-15-30(27)26(34)36-17-21-8-5-4-6-9-21/h4-6,8-13,18,23H,7,14-17H2,1-3H3,(H,29,33)/t18-,23+,27?/m1/s1. The minimum Gasteiger partial charge on any atom is -0.467 e. The third-order valence-corrected chi connectivity index (χ3v) is 6.31. The Morgan fingerprint density at radius 3 is 2.35 bits per heavy atom. The normalized spacial score (nSPS) is 18.4. The summed E-state index contributed by atoms with van der Waals surface area (Å²) < 4.78 is 29.0. The van der Waals surface area contributed by atoms with Gasteiger partial charge in [0.05, 0.1) is 7.11 Å². The quantitative estimate of drug-likeness (QED) is 0.404. The second-order valence-corrected chi connectivity index (χ2v) is 8.92. The minimum absolute atomic E-state index is 0.0126. The van der Waals surface area contributed by atoms with Crippen molar-refractivity contribution in [2.45, 2.75) is 57.4 Å². The van der Waals surface area contributed by atoms with E-state index in [-0.39, 0.29) is 26.0 Å². The molecule has 2 amide bonds. The maximum atomic E-state index is 13.9. The lowest BCUT2D eigenvalue weighted by Crippen LogP contribution is -2.62. The molecule has 9 nitrogen and oxygen atoms in total. The summed E-state index contributed by atoms with van der Waals surface area (Å²) in [5.74, 6) is -2.52. The molecule has 10 heteroatoms. The second-order valence-electron chi connectivity index (χ2n) is 8.92. The smallest absolute Gasteiger partial charge is 0.411 e. The first-order chi connectivity index (χ1) is 17.7. The number of nitrogens with one attached hydrogen (secondary N) is 1. The van der Waals surface area contributed by atoms with Crippen LogP contribution in [0.5, 0.6) is 0 Å². The molecule has 1 aliphatic heterocycles. The lowest BCUT2D eigenvalue weighted by atomic mass is 9.86. The van der Waals surface area contributed by atoms with Gasteiger partial charge in [0.25, 0.3) is 0 Å². The summed E-state index contributed by atoms with van der Waals surface area (Å²) in [7, 11) is 1.15. The lowest BCUT2D eigenvalue weighted by molar-refractivity contribution is -0.157. The average molecular weight is 515 g/mol. The van der Waals surface area contributed by atoms with Gasteiger partial charge in [-0.2, -0.15) is 0 Å². The molecule has 37 heavy (non-hydrogen) atoms. The Hall–Kier alpha value is -3.95. The number of halogens is 1. The summed E-state index contributed by atoms with van der Waals surface area (Å²) in [5.41, 5.74) is -0.0417. The van der Waals surface area contributed by atoms with E-state index in [1.807, 2.05) is 30.3 Å². The SMILES string of the molecule is COC(=O)[C@@H](NC(=O)C1(Cc2ccc(F)cc2)CCCN1C(=O)OCc1ccccc1)[C@@H](C)OC(C)=O. The molecular formula is C27H31FN2O7. The van der Waals surface area contributed by atoms with Gasteiger partial charge in [0.15, 0.2) is 6.04 Å². The number of carbonyl (C=O) groups excluding carboxylic acids is 4. The zero-order valence-corrected chi connectivity index (χ0v) is 21.1. The van der Waals surface area contributed by atoms with Crippen LogP contribution < -0.4 is 5.32 Å². The van der Waals surface area contributed by atoms with E-state index < -0.39 is 47.4 Å². The summed E-state index contributed by atoms with van der Waals surface area (Å²) in [6.45, 7) is 2.89. The Morgan fingerprint density at radius 1 is 1.05 bits per heavy atom. The molecule has 0 bridgehead atoms. The molecule has 3 rings (SSSR count). The van der Waals surface area contributed by atoms with Gasteiger partial charge in [-0.3, -0.25) is 14.5 Å². The van der Waals surface area contributed by atoms with Gasteiger partial charge in [0, 0.05) is 19.9 Å². The van der Waals surface area contributed by atoms with Gasteiger partial charge in [-0.1, -0.05) is 42.5 Å². The van der Waals surface area contributed by atoms with E-state index >= 15 is 0 Å². The number of amides is 2. The van der Waals surface area contributed by atoms with Crippen molar-refractivity contribution in [1.82, 2.24) is 10.2 Å². The predicted molar refractivity (Wildman–Crippen MR) is 131 cm³/mol. The highest BCUT2D eigenvalue weighted by Crippen LogP contribution is 2.34. The lowest BCUT2D eigenvalue weighted by Gasteiger charge is -2.38. The topological polar surface area (TPSA) is 111 Å². The minimum atomic E-state index is -1.44. The van der Waals surface area contributed by atoms with Crippen molar-refractivity contribution >= 4 is 23.9 Å². The van der Waals surface area contributed by atoms with Crippen LogP contribution in [0.3, 0.4) is 0 Å². The highest BCUT2D eigenvalue weighted by Gasteiger charge is 2.51. The van der Waals surface area contributed by atoms with Gasteiger partial charge in [0.2, 0.25) is 5.91 Å². The van der Waals surface area contributed by atoms with E-state index in [4.69, 9.17) is 14.2 Å². The molecule has 0 aromatic heterocycles. The number of esters is 2. The molecule has 2 aromatic carbocycles. The number of carbonyl (C=O) groups is 4. The molecule has 1 N–H and O–H groups in total. The first-order valence-electron chi connectivity index (χ1n) is 11.9. The number of benzene rings is 2. The van der Waals surface area contributed by atoms with Crippen LogP contribution in [0.1, 0.15) is 37.8 Å². The number of nitrogens with zero attached hydrogens (tertiary/aromatic N) is 1. The van der Waals surface area contributed by atoms with Crippen molar-refractivity contribution in [2.24, 2.45) is 0 Å². The second kappa shape index (κ2) is 12.3. The molecule has 3 atom stereocenters. The van der Waals surface area contributed by atoms with Crippen LogP contribution in [0.4, 0.5) is 9.18 Å². The Balaban J connectivity index is 1.91. The third-order valence-electron chi connectivity index (χ3n) is 6.31. The molecule has 0 aliphatic carbocycles. The van der Waals surface area contributed by atoms with E-state index in [9.17, 15) is 23.6 Å². The van der Waals surface area contributed by atoms with Crippen LogP contribution in [0.2, 0.25) is 0 Å². The number of rotatable bonds is 9. The number of hydrogen-bond acceptors (Lipinski definition) is 7. The van der Waals surface area contributed by atoms with Gasteiger partial charge in [0.1, 0.15) is 24.1 Å². The molecule has 2 aromatic rings. The molecule has 1 aliphatic rings. The van der Waals surface area contributed by atoms with Crippen molar-refractivity contribution in [3.8, 4) is 0 Å². The average Bonchev–Trinajstić information content (AvgIpc) is 3.31. The first kappa shape index (κ1) is 27.6. The fourth-order valence-electron chi connectivity index (χ4n) is 4.48. The van der Waals surface area contributed by atoms with E-state index in [1.54, 1.807) is 0 Å². The zero-order chi connectivity index (χ0) is 27.0. The monoisotopic (exact) mass is 514 g/mol. The van der Waals surface area contributed by atoms with Gasteiger partial charge >= 0.3 is 18.0 Å². The van der Waals surface area contributed by atoms with E-state index in [2.05, 4.69) is 5.32 Å². The molecule has 198 valence electrons. The zero-order valence-electron chi connectivity index (χ0n) is 21.1. The van der Waals surface area contributed by atoms with Crippen molar-refractivity contribution in [2.75, 3.05) is 13.7 Å². The molecule has 1 saturated heterocycles. The van der Waals surface area contributed by atoms with Crippen molar-refractivity contribution < 1.29 is 37.8 Å². The molecule has 1 fully saturated rings. The van der Waals surface area contributed by atoms with Crippen molar-refractivity contribution in [3.63, 3.8) is 0 Å². The summed E-state index contributed by atoms with van der Waals surface area (Å²) in [6.07, 6.45) is -0.905. The van der Waals surface area contributed by atoms with E-state index in [1.165, 1.54) is 43.0 Å². The highest BCUT2D eigenvalue weighted by atomic mass is 19.1. The highest BCUT2D eigenvalue weighted by molar-refractivity contribution is 5.94. The van der Waals surface area contributed by atoms with Gasteiger partial charge < -0.3 is 19.5 Å². The number of hydrogen-bond donors (Lipinski definition) is 1. The molecule has 1 heterocycles. The fourth-order valence-corrected chi connectivity index (χ4v) is 4.48. The summed E-state index contributed by atoms with van der Waals surface area (Å²) in [4.78, 5) is 52.4. The molecule has 0 radical (unpaired) electrons. The van der Waals surface area contributed by atoms with Crippen LogP contribution in [-0.2, 0) is 41.6 Å². The number of methoxy groups -OCH3 is 1. The summed E-state index contributed by atoms with van der Waals surface area (Å²) in [6, 6.07) is 13.4. The van der Waals surface area contributed by atoms with Crippen LogP contribution in [0.15, 0.2) is 54.6 Å². The van der Waals surface area contributed by atoms with Crippen LogP contribution in [0.25, 0.3) is 0 Å². The fraction of sp³-hybridized carbons (Fsp3) is 0.407. The Bertz CT molecular complexity index is 1110. The maximum absolute atomic E-state index is 13.9. The van der Waals surface area contributed by atoms with Gasteiger partial charge in [-0.25, -0.2) is 14.0 Å². The largest absolute Gasteiger partial charge is 0.467 e. The predicted octanol–water partition coefficient (Wildman–Crippen LogP) is 3.15. The summed E-state index contributed by atoms with van der Waals surface area (Å²) >= 11 is 0. The molecule has 0 spiro atoms. The van der Waals surface area contributed by atoms with Crippen LogP contribution in [0, 0.1) is 5.82 Å². The Morgan fingerprint density at radius 2 is 1.73 bits per heavy atom. The van der Waals surface area contributed by atoms with Gasteiger partial charge in [-0.05, 0) is 43.0 Å². The van der Waals surface area contributed by atoms with E-state index in [0.717, 1.165) is 12.7 Å². The Labute approximate surface area is 214 Å². The Kier molecular flexibility index (Phi) is 9.21. The summed E-state index contributed by atoms with van der Waals surface area (Å²) in [5, 5.41) is 2.63. The number of ether oxygens (including phenoxy) is 3. The first-order valence-corrected chi connectivity index (χ1v) is 11.9. The van der Waals surface area contributed by atoms with Gasteiger partial charge in [-0.15, -0.1) is 0 Å². The van der Waals surface area contributed by atoms with Crippen molar-refractivity contribution in [1.29, 1.82) is 0 Å². The molecule has 0 saturated carbocycles. The van der Waals surface area contributed by atoms with E-state index in [0.29, 0.717) is 12.0 Å².